The number of hydrogen-bond donors (Lipinski definition) is 3. The summed E-state index contributed by atoms with van der Waals surface area (Å²) < 4.78 is 1.46. The van der Waals surface area contributed by atoms with E-state index in [4.69, 9.17) is 22.4 Å². The molecule has 2 aromatic rings. The van der Waals surface area contributed by atoms with E-state index in [1.807, 2.05) is 0 Å². The van der Waals surface area contributed by atoms with Crippen LogP contribution in [-0.2, 0) is 4.79 Å². The molecule has 24 heavy (non-hydrogen) atoms. The Morgan fingerprint density at radius 1 is 1.38 bits per heavy atom. The van der Waals surface area contributed by atoms with Crippen LogP contribution in [0.3, 0.4) is 0 Å². The summed E-state index contributed by atoms with van der Waals surface area (Å²) >= 11 is 9.07. The van der Waals surface area contributed by atoms with E-state index < -0.39 is 23.5 Å². The molecule has 9 heteroatoms. The smallest absolute Gasteiger partial charge is 0.326 e. The molecule has 1 unspecified atom stereocenters. The number of carbonyl (C=O) groups excluding carboxylic acids is 1. The molecule has 0 aliphatic heterocycles. The summed E-state index contributed by atoms with van der Waals surface area (Å²) in [6.07, 6.45) is 1.34. The second-order valence-corrected chi connectivity index (χ2v) is 6.31. The number of aliphatic carboxylic acids is 1. The standard InChI is InChI=1S/C15H13BrClN3O4/c1-7(15(23)24)20-6-9(16)5-12(14(20)22)19-13(21)8-2-3-11(18)10(17)4-8/h2-7H,18H2,1H3,(H,19,21)(H,23,24). The number of aromatic nitrogens is 1. The van der Waals surface area contributed by atoms with Crippen molar-refractivity contribution in [3.8, 4) is 0 Å². The van der Waals surface area contributed by atoms with Crippen molar-refractivity contribution in [3.63, 3.8) is 0 Å². The van der Waals surface area contributed by atoms with Gasteiger partial charge in [-0.15, -0.1) is 0 Å². The maximum atomic E-state index is 12.4. The van der Waals surface area contributed by atoms with Gasteiger partial charge in [0.2, 0.25) is 0 Å². The van der Waals surface area contributed by atoms with Crippen molar-refractivity contribution in [2.24, 2.45) is 0 Å². The highest BCUT2D eigenvalue weighted by atomic mass is 79.9. The number of nitrogens with one attached hydrogen (secondary N) is 1. The minimum Gasteiger partial charge on any atom is -0.480 e. The van der Waals surface area contributed by atoms with Crippen molar-refractivity contribution in [2.45, 2.75) is 13.0 Å². The van der Waals surface area contributed by atoms with Crippen molar-refractivity contribution in [1.29, 1.82) is 0 Å². The van der Waals surface area contributed by atoms with Gasteiger partial charge in [-0.3, -0.25) is 14.2 Å². The molecule has 126 valence electrons. The maximum Gasteiger partial charge on any atom is 0.326 e. The van der Waals surface area contributed by atoms with Crippen molar-refractivity contribution < 1.29 is 14.7 Å². The molecule has 0 aliphatic carbocycles. The number of nitrogens with zero attached hydrogens (tertiary/aromatic N) is 1. The first kappa shape index (κ1) is 18.0. The van der Waals surface area contributed by atoms with Crippen LogP contribution >= 0.6 is 27.5 Å². The number of pyridine rings is 1. The topological polar surface area (TPSA) is 114 Å². The number of amides is 1. The summed E-state index contributed by atoms with van der Waals surface area (Å²) in [5, 5.41) is 11.7. The number of carbonyl (C=O) groups is 2. The van der Waals surface area contributed by atoms with E-state index >= 15 is 0 Å². The first-order valence-corrected chi connectivity index (χ1v) is 7.88. The summed E-state index contributed by atoms with van der Waals surface area (Å²) in [4.78, 5) is 35.7. The largest absolute Gasteiger partial charge is 0.480 e. The Bertz CT molecular complexity index is 882. The number of halogens is 2. The fraction of sp³-hybridized carbons (Fsp3) is 0.133. The van der Waals surface area contributed by atoms with Gasteiger partial charge >= 0.3 is 5.97 Å². The minimum atomic E-state index is -1.17. The number of hydrogen-bond acceptors (Lipinski definition) is 4. The predicted octanol–water partition coefficient (Wildman–Crippen LogP) is 2.74. The lowest BCUT2D eigenvalue weighted by Gasteiger charge is -2.14. The Morgan fingerprint density at radius 2 is 2.04 bits per heavy atom. The SMILES string of the molecule is CC(C(=O)O)n1cc(Br)cc(NC(=O)c2ccc(N)c(Cl)c2)c1=O. The molecule has 1 atom stereocenters. The Morgan fingerprint density at radius 3 is 2.62 bits per heavy atom. The van der Waals surface area contributed by atoms with Crippen molar-refractivity contribution >= 4 is 50.8 Å². The number of nitrogen functional groups attached to an aromatic ring is 1. The zero-order valence-electron chi connectivity index (χ0n) is 12.4. The van der Waals surface area contributed by atoms with Gasteiger partial charge < -0.3 is 16.2 Å². The van der Waals surface area contributed by atoms with Crippen molar-refractivity contribution in [2.75, 3.05) is 11.1 Å². The number of anilines is 2. The van der Waals surface area contributed by atoms with Gasteiger partial charge in [0.25, 0.3) is 11.5 Å². The van der Waals surface area contributed by atoms with Gasteiger partial charge in [0.05, 0.1) is 10.7 Å². The minimum absolute atomic E-state index is 0.0598. The molecule has 1 heterocycles. The molecule has 2 rings (SSSR count). The molecule has 0 fully saturated rings. The Labute approximate surface area is 150 Å². The van der Waals surface area contributed by atoms with Crippen LogP contribution in [0, 0.1) is 0 Å². The lowest BCUT2D eigenvalue weighted by atomic mass is 10.2. The molecule has 0 bridgehead atoms. The van der Waals surface area contributed by atoms with Crippen LogP contribution in [0.15, 0.2) is 39.7 Å². The van der Waals surface area contributed by atoms with Crippen LogP contribution in [0.5, 0.6) is 0 Å². The average Bonchev–Trinajstić information content (AvgIpc) is 2.52. The van der Waals surface area contributed by atoms with E-state index in [0.29, 0.717) is 10.2 Å². The van der Waals surface area contributed by atoms with Gasteiger partial charge in [-0.25, -0.2) is 4.79 Å². The Kier molecular flexibility index (Phi) is 5.30. The molecule has 0 radical (unpaired) electrons. The number of benzene rings is 1. The normalized spacial score (nSPS) is 11.8. The van der Waals surface area contributed by atoms with Gasteiger partial charge in [-0.05, 0) is 47.1 Å². The van der Waals surface area contributed by atoms with Crippen LogP contribution in [-0.4, -0.2) is 21.6 Å². The van der Waals surface area contributed by atoms with E-state index in [9.17, 15) is 14.4 Å². The van der Waals surface area contributed by atoms with E-state index in [-0.39, 0.29) is 16.3 Å². The van der Waals surface area contributed by atoms with Crippen LogP contribution in [0.25, 0.3) is 0 Å². The number of carboxylic acid groups (broad SMARTS) is 1. The predicted molar refractivity (Wildman–Crippen MR) is 94.6 cm³/mol. The Hall–Kier alpha value is -2.32. The van der Waals surface area contributed by atoms with Crippen LogP contribution in [0.4, 0.5) is 11.4 Å². The molecule has 1 amide bonds. The number of carboxylic acids is 1. The highest BCUT2D eigenvalue weighted by Crippen LogP contribution is 2.21. The first-order chi connectivity index (χ1) is 11.2. The highest BCUT2D eigenvalue weighted by Gasteiger charge is 2.18. The third kappa shape index (κ3) is 3.77. The van der Waals surface area contributed by atoms with Gasteiger partial charge in [-0.2, -0.15) is 0 Å². The van der Waals surface area contributed by atoms with Gasteiger partial charge in [0.1, 0.15) is 11.7 Å². The zero-order valence-corrected chi connectivity index (χ0v) is 14.8. The maximum absolute atomic E-state index is 12.4. The van der Waals surface area contributed by atoms with Gasteiger partial charge in [-0.1, -0.05) is 11.6 Å². The molecule has 0 spiro atoms. The van der Waals surface area contributed by atoms with Crippen LogP contribution in [0.2, 0.25) is 5.02 Å². The lowest BCUT2D eigenvalue weighted by molar-refractivity contribution is -0.140. The summed E-state index contributed by atoms with van der Waals surface area (Å²) in [5.74, 6) is -1.74. The third-order valence-electron chi connectivity index (χ3n) is 3.30. The molecular formula is C15H13BrClN3O4. The molecule has 1 aromatic carbocycles. The fourth-order valence-electron chi connectivity index (χ4n) is 1.93. The zero-order chi connectivity index (χ0) is 18.0. The quantitative estimate of drug-likeness (QED) is 0.666. The molecular weight excluding hydrogens is 402 g/mol. The van der Waals surface area contributed by atoms with E-state index in [1.165, 1.54) is 37.4 Å². The molecule has 4 N–H and O–H groups in total. The van der Waals surface area contributed by atoms with E-state index in [2.05, 4.69) is 21.2 Å². The summed E-state index contributed by atoms with van der Waals surface area (Å²) in [5.41, 5.74) is 5.43. The second kappa shape index (κ2) is 7.06. The monoisotopic (exact) mass is 413 g/mol. The molecule has 1 aromatic heterocycles. The first-order valence-electron chi connectivity index (χ1n) is 6.71. The van der Waals surface area contributed by atoms with Crippen molar-refractivity contribution in [1.82, 2.24) is 4.57 Å². The van der Waals surface area contributed by atoms with Crippen molar-refractivity contribution in [3.05, 3.63) is 55.9 Å². The summed E-state index contributed by atoms with van der Waals surface area (Å²) in [7, 11) is 0. The third-order valence-corrected chi connectivity index (χ3v) is 4.06. The van der Waals surface area contributed by atoms with Crippen LogP contribution < -0.4 is 16.6 Å². The molecule has 7 nitrogen and oxygen atoms in total. The van der Waals surface area contributed by atoms with Gasteiger partial charge in [0, 0.05) is 16.2 Å². The van der Waals surface area contributed by atoms with Crippen LogP contribution in [0.1, 0.15) is 23.3 Å². The highest BCUT2D eigenvalue weighted by molar-refractivity contribution is 9.10. The summed E-state index contributed by atoms with van der Waals surface area (Å²) in [6, 6.07) is 4.62. The molecule has 0 saturated carbocycles. The summed E-state index contributed by atoms with van der Waals surface area (Å²) in [6.45, 7) is 1.36. The fourth-order valence-corrected chi connectivity index (χ4v) is 2.56. The average molecular weight is 415 g/mol. The molecule has 0 saturated heterocycles. The Balaban J connectivity index is 2.39. The number of nitrogens with two attached hydrogens (primary N) is 1. The lowest BCUT2D eigenvalue weighted by Crippen LogP contribution is -2.30. The molecule has 0 aliphatic rings. The number of rotatable bonds is 4. The van der Waals surface area contributed by atoms with Gasteiger partial charge in [0.15, 0.2) is 0 Å². The van der Waals surface area contributed by atoms with E-state index in [0.717, 1.165) is 4.57 Å². The second-order valence-electron chi connectivity index (χ2n) is 4.99. The van der Waals surface area contributed by atoms with E-state index in [1.54, 1.807) is 0 Å².